The quantitative estimate of drug-likeness (QED) is 0.739. The number of ether oxygens (including phenoxy) is 1. The van der Waals surface area contributed by atoms with Crippen LogP contribution >= 0.6 is 11.6 Å². The van der Waals surface area contributed by atoms with Gasteiger partial charge in [0.05, 0.1) is 23.4 Å². The molecule has 1 aliphatic heterocycles. The first kappa shape index (κ1) is 20.3. The van der Waals surface area contributed by atoms with Gasteiger partial charge < -0.3 is 20.7 Å². The zero-order valence-corrected chi connectivity index (χ0v) is 17.2. The van der Waals surface area contributed by atoms with E-state index in [1.165, 1.54) is 39.2 Å². The van der Waals surface area contributed by atoms with E-state index in [1.807, 2.05) is 0 Å². The van der Waals surface area contributed by atoms with Gasteiger partial charge in [-0.25, -0.2) is 0 Å². The van der Waals surface area contributed by atoms with Gasteiger partial charge >= 0.3 is 0 Å². The predicted octanol–water partition coefficient (Wildman–Crippen LogP) is 4.09. The first-order valence-electron chi connectivity index (χ1n) is 10.2. The summed E-state index contributed by atoms with van der Waals surface area (Å²) >= 11 is 6.09. The molecular formula is C21H32ClN3O2. The summed E-state index contributed by atoms with van der Waals surface area (Å²) in [6.07, 6.45) is 8.86. The number of nitrogen functional groups attached to an aromatic ring is 1. The summed E-state index contributed by atoms with van der Waals surface area (Å²) in [6.45, 7) is 4.47. The second-order valence-electron chi connectivity index (χ2n) is 8.00. The van der Waals surface area contributed by atoms with E-state index in [9.17, 15) is 4.79 Å². The Hall–Kier alpha value is -1.46. The Bertz CT molecular complexity index is 653. The molecule has 5 nitrogen and oxygen atoms in total. The van der Waals surface area contributed by atoms with Crippen molar-refractivity contribution in [2.45, 2.75) is 64.0 Å². The number of hydrogen-bond acceptors (Lipinski definition) is 4. The molecule has 1 aromatic carbocycles. The van der Waals surface area contributed by atoms with E-state index in [4.69, 9.17) is 22.1 Å². The van der Waals surface area contributed by atoms with Crippen LogP contribution in [0.15, 0.2) is 12.1 Å². The van der Waals surface area contributed by atoms with Crippen LogP contribution in [0.5, 0.6) is 5.75 Å². The summed E-state index contributed by atoms with van der Waals surface area (Å²) in [4.78, 5) is 15.3. The van der Waals surface area contributed by atoms with Crippen molar-refractivity contribution in [3.05, 3.63) is 22.7 Å². The number of benzene rings is 1. The van der Waals surface area contributed by atoms with Crippen molar-refractivity contribution in [3.63, 3.8) is 0 Å². The fourth-order valence-electron chi connectivity index (χ4n) is 4.54. The number of rotatable bonds is 5. The third-order valence-corrected chi connectivity index (χ3v) is 6.66. The summed E-state index contributed by atoms with van der Waals surface area (Å²) < 4.78 is 5.30. The fraction of sp³-hybridized carbons (Fsp3) is 0.667. The summed E-state index contributed by atoms with van der Waals surface area (Å²) in [6, 6.07) is 4.03. The lowest BCUT2D eigenvalue weighted by Gasteiger charge is -2.40. The molecule has 6 heteroatoms. The Morgan fingerprint density at radius 1 is 1.22 bits per heavy atom. The Morgan fingerprint density at radius 3 is 2.52 bits per heavy atom. The van der Waals surface area contributed by atoms with Gasteiger partial charge in [-0.2, -0.15) is 0 Å². The molecule has 3 rings (SSSR count). The number of carbonyl (C=O) groups excluding carboxylic acids is 1. The Kier molecular flexibility index (Phi) is 6.88. The van der Waals surface area contributed by atoms with Gasteiger partial charge in [0.2, 0.25) is 0 Å². The lowest BCUT2D eigenvalue weighted by Crippen LogP contribution is -2.49. The number of halogens is 1. The molecule has 1 saturated carbocycles. The molecule has 1 aromatic rings. The second kappa shape index (κ2) is 9.16. The van der Waals surface area contributed by atoms with Crippen LogP contribution in [0.2, 0.25) is 5.02 Å². The first-order chi connectivity index (χ1) is 13.0. The summed E-state index contributed by atoms with van der Waals surface area (Å²) in [5.74, 6) is 1.15. The van der Waals surface area contributed by atoms with E-state index >= 15 is 0 Å². The molecule has 1 unspecified atom stereocenters. The molecule has 1 atom stereocenters. The second-order valence-corrected chi connectivity index (χ2v) is 8.40. The van der Waals surface area contributed by atoms with Gasteiger partial charge in [-0.3, -0.25) is 4.79 Å². The Balaban J connectivity index is 1.54. The van der Waals surface area contributed by atoms with Crippen LogP contribution in [-0.4, -0.2) is 43.1 Å². The highest BCUT2D eigenvalue weighted by Crippen LogP contribution is 2.31. The maximum Gasteiger partial charge on any atom is 0.255 e. The van der Waals surface area contributed by atoms with Crippen LogP contribution in [0, 0.1) is 5.92 Å². The van der Waals surface area contributed by atoms with E-state index in [2.05, 4.69) is 17.1 Å². The largest absolute Gasteiger partial charge is 0.496 e. The number of carbonyl (C=O) groups is 1. The highest BCUT2D eigenvalue weighted by Gasteiger charge is 2.29. The minimum atomic E-state index is -0.146. The molecule has 0 aromatic heterocycles. The normalized spacial score (nSPS) is 21.0. The number of piperidine rings is 1. The number of nitrogens with zero attached hydrogens (tertiary/aromatic N) is 1. The molecule has 1 saturated heterocycles. The van der Waals surface area contributed by atoms with Crippen molar-refractivity contribution in [2.75, 3.05) is 25.9 Å². The number of nitrogens with one attached hydrogen (secondary N) is 1. The van der Waals surface area contributed by atoms with Crippen molar-refractivity contribution in [1.29, 1.82) is 0 Å². The molecule has 1 heterocycles. The lowest BCUT2D eigenvalue weighted by molar-refractivity contribution is 0.0820. The van der Waals surface area contributed by atoms with Gasteiger partial charge in [0.15, 0.2) is 0 Å². The van der Waals surface area contributed by atoms with Gasteiger partial charge in [-0.05, 0) is 44.6 Å². The average Bonchev–Trinajstić information content (AvgIpc) is 2.70. The zero-order chi connectivity index (χ0) is 19.4. The van der Waals surface area contributed by atoms with Crippen LogP contribution in [-0.2, 0) is 0 Å². The van der Waals surface area contributed by atoms with Crippen molar-refractivity contribution in [3.8, 4) is 5.75 Å². The van der Waals surface area contributed by atoms with Crippen LogP contribution in [0.4, 0.5) is 5.69 Å². The third kappa shape index (κ3) is 4.88. The molecule has 0 radical (unpaired) electrons. The fourth-order valence-corrected chi connectivity index (χ4v) is 4.71. The molecule has 1 aliphatic carbocycles. The Labute approximate surface area is 167 Å². The van der Waals surface area contributed by atoms with Crippen LogP contribution in [0.1, 0.15) is 62.2 Å². The van der Waals surface area contributed by atoms with E-state index in [1.54, 1.807) is 12.1 Å². The molecule has 27 heavy (non-hydrogen) atoms. The zero-order valence-electron chi connectivity index (χ0n) is 16.5. The van der Waals surface area contributed by atoms with Gasteiger partial charge in [-0.1, -0.05) is 30.9 Å². The summed E-state index contributed by atoms with van der Waals surface area (Å²) in [5, 5.41) is 3.52. The lowest BCUT2D eigenvalue weighted by atomic mass is 9.83. The van der Waals surface area contributed by atoms with Crippen molar-refractivity contribution in [2.24, 2.45) is 5.92 Å². The highest BCUT2D eigenvalue weighted by molar-refractivity contribution is 6.33. The number of hydrogen-bond donors (Lipinski definition) is 2. The highest BCUT2D eigenvalue weighted by atomic mass is 35.5. The van der Waals surface area contributed by atoms with Crippen molar-refractivity contribution in [1.82, 2.24) is 10.2 Å². The maximum absolute atomic E-state index is 12.7. The molecule has 150 valence electrons. The van der Waals surface area contributed by atoms with Gasteiger partial charge in [0.25, 0.3) is 5.91 Å². The molecule has 3 N–H and O–H groups in total. The van der Waals surface area contributed by atoms with E-state index < -0.39 is 0 Å². The van der Waals surface area contributed by atoms with Gasteiger partial charge in [0, 0.05) is 31.2 Å². The number of methoxy groups -OCH3 is 1. The summed E-state index contributed by atoms with van der Waals surface area (Å²) in [5.41, 5.74) is 6.66. The van der Waals surface area contributed by atoms with E-state index in [-0.39, 0.29) is 11.9 Å². The molecule has 2 aliphatic rings. The molecular weight excluding hydrogens is 362 g/mol. The topological polar surface area (TPSA) is 67.6 Å². The third-order valence-electron chi connectivity index (χ3n) is 6.34. The first-order valence-corrected chi connectivity index (χ1v) is 10.5. The molecule has 1 amide bonds. The number of amides is 1. The summed E-state index contributed by atoms with van der Waals surface area (Å²) in [7, 11) is 1.53. The maximum atomic E-state index is 12.7. The minimum absolute atomic E-state index is 0.146. The SMILES string of the molecule is COc1cc(N)c(Cl)cc1C(=O)NC1CCN(C(C)C2CCCCC2)CC1. The van der Waals surface area contributed by atoms with Crippen LogP contribution in [0.25, 0.3) is 0 Å². The van der Waals surface area contributed by atoms with E-state index in [0.29, 0.717) is 28.1 Å². The Morgan fingerprint density at radius 2 is 1.89 bits per heavy atom. The monoisotopic (exact) mass is 393 g/mol. The average molecular weight is 394 g/mol. The van der Waals surface area contributed by atoms with Crippen molar-refractivity contribution < 1.29 is 9.53 Å². The smallest absolute Gasteiger partial charge is 0.255 e. The standard InChI is InChI=1S/C21H32ClN3O2/c1-14(15-6-4-3-5-7-15)25-10-8-16(9-11-25)24-21(26)17-12-18(22)19(23)13-20(17)27-2/h12-16H,3-11,23H2,1-2H3,(H,24,26). The number of likely N-dealkylation sites (tertiary alicyclic amines) is 1. The van der Waals surface area contributed by atoms with Crippen molar-refractivity contribution >= 4 is 23.2 Å². The number of anilines is 1. The minimum Gasteiger partial charge on any atom is -0.496 e. The van der Waals surface area contributed by atoms with E-state index in [0.717, 1.165) is 31.8 Å². The molecule has 0 spiro atoms. The van der Waals surface area contributed by atoms with Gasteiger partial charge in [-0.15, -0.1) is 0 Å². The van der Waals surface area contributed by atoms with Crippen LogP contribution in [0.3, 0.4) is 0 Å². The number of nitrogens with two attached hydrogens (primary N) is 1. The predicted molar refractivity (Wildman–Crippen MR) is 111 cm³/mol. The molecule has 0 bridgehead atoms. The van der Waals surface area contributed by atoms with Gasteiger partial charge in [0.1, 0.15) is 5.75 Å². The van der Waals surface area contributed by atoms with Crippen LogP contribution < -0.4 is 15.8 Å². The molecule has 2 fully saturated rings.